The number of amides is 1. The number of aryl methyl sites for hydroxylation is 1. The van der Waals surface area contributed by atoms with E-state index in [-0.39, 0.29) is 25.0 Å². The van der Waals surface area contributed by atoms with Gasteiger partial charge in [-0.2, -0.15) is 0 Å². The number of ether oxygens (including phenoxy) is 1. The predicted molar refractivity (Wildman–Crippen MR) is 87.0 cm³/mol. The fourth-order valence-corrected chi connectivity index (χ4v) is 2.04. The molecule has 22 heavy (non-hydrogen) atoms. The SMILES string of the molecule is Cc1cccc(NC(=O)C[NH+](C)CC(=O)OC(C)(C)C)c1C. The Morgan fingerprint density at radius 2 is 1.82 bits per heavy atom. The van der Waals surface area contributed by atoms with Gasteiger partial charge in [0.1, 0.15) is 5.60 Å². The van der Waals surface area contributed by atoms with E-state index in [1.54, 1.807) is 7.05 Å². The number of rotatable bonds is 5. The molecule has 0 aliphatic heterocycles. The van der Waals surface area contributed by atoms with Gasteiger partial charge in [0.15, 0.2) is 13.1 Å². The largest absolute Gasteiger partial charge is 0.456 e. The normalized spacial score (nSPS) is 12.6. The van der Waals surface area contributed by atoms with E-state index in [4.69, 9.17) is 4.74 Å². The van der Waals surface area contributed by atoms with Gasteiger partial charge in [-0.15, -0.1) is 0 Å². The van der Waals surface area contributed by atoms with Crippen molar-refractivity contribution in [1.82, 2.24) is 0 Å². The van der Waals surface area contributed by atoms with E-state index in [0.29, 0.717) is 0 Å². The summed E-state index contributed by atoms with van der Waals surface area (Å²) in [6.07, 6.45) is 0. The van der Waals surface area contributed by atoms with Crippen molar-refractivity contribution in [3.05, 3.63) is 29.3 Å². The molecule has 1 aromatic rings. The first-order chi connectivity index (χ1) is 10.1. The molecule has 0 heterocycles. The summed E-state index contributed by atoms with van der Waals surface area (Å²) in [6.45, 7) is 9.84. The minimum Gasteiger partial charge on any atom is -0.456 e. The molecule has 0 aliphatic carbocycles. The lowest BCUT2D eigenvalue weighted by Gasteiger charge is -2.21. The van der Waals surface area contributed by atoms with Crippen molar-refractivity contribution in [2.45, 2.75) is 40.2 Å². The van der Waals surface area contributed by atoms with Crippen LogP contribution in [-0.4, -0.2) is 37.6 Å². The smallest absolute Gasteiger partial charge is 0.362 e. The fraction of sp³-hybridized carbons (Fsp3) is 0.529. The summed E-state index contributed by atoms with van der Waals surface area (Å²) >= 11 is 0. The number of hydrogen-bond acceptors (Lipinski definition) is 3. The molecule has 1 amide bonds. The van der Waals surface area contributed by atoms with Gasteiger partial charge in [-0.25, -0.2) is 4.79 Å². The van der Waals surface area contributed by atoms with E-state index < -0.39 is 5.60 Å². The zero-order valence-electron chi connectivity index (χ0n) is 14.4. The molecular weight excluding hydrogens is 280 g/mol. The highest BCUT2D eigenvalue weighted by Gasteiger charge is 2.21. The quantitative estimate of drug-likeness (QED) is 0.801. The number of carbonyl (C=O) groups excluding carboxylic acids is 2. The van der Waals surface area contributed by atoms with Gasteiger partial charge in [-0.05, 0) is 51.8 Å². The molecule has 5 nitrogen and oxygen atoms in total. The number of benzene rings is 1. The van der Waals surface area contributed by atoms with Gasteiger partial charge in [-0.3, -0.25) is 4.79 Å². The van der Waals surface area contributed by atoms with Crippen LogP contribution in [0.25, 0.3) is 0 Å². The first-order valence-electron chi connectivity index (χ1n) is 7.47. The van der Waals surface area contributed by atoms with Crippen molar-refractivity contribution in [3.8, 4) is 0 Å². The van der Waals surface area contributed by atoms with E-state index in [2.05, 4.69) is 5.32 Å². The Balaban J connectivity index is 2.51. The van der Waals surface area contributed by atoms with Crippen LogP contribution in [-0.2, 0) is 14.3 Å². The maximum atomic E-state index is 12.1. The van der Waals surface area contributed by atoms with Crippen LogP contribution < -0.4 is 10.2 Å². The van der Waals surface area contributed by atoms with Crippen molar-refractivity contribution in [1.29, 1.82) is 0 Å². The molecule has 1 aromatic carbocycles. The highest BCUT2D eigenvalue weighted by molar-refractivity contribution is 5.92. The molecule has 0 fully saturated rings. The molecule has 1 rings (SSSR count). The Hall–Kier alpha value is -1.88. The summed E-state index contributed by atoms with van der Waals surface area (Å²) < 4.78 is 5.25. The highest BCUT2D eigenvalue weighted by atomic mass is 16.6. The van der Waals surface area contributed by atoms with Crippen LogP contribution in [0.4, 0.5) is 5.69 Å². The Bertz CT molecular complexity index is 547. The molecule has 0 saturated carbocycles. The molecule has 2 N–H and O–H groups in total. The number of quaternary nitrogens is 1. The summed E-state index contributed by atoms with van der Waals surface area (Å²) in [5.74, 6) is -0.417. The molecule has 0 spiro atoms. The second-order valence-corrected chi connectivity index (χ2v) is 6.69. The van der Waals surface area contributed by atoms with Gasteiger partial charge >= 0.3 is 5.97 Å². The molecule has 122 valence electrons. The van der Waals surface area contributed by atoms with Crippen LogP contribution >= 0.6 is 0 Å². The van der Waals surface area contributed by atoms with E-state index in [1.807, 2.05) is 52.8 Å². The number of anilines is 1. The molecular formula is C17H27N2O3+. The third-order valence-corrected chi connectivity index (χ3v) is 3.21. The Kier molecular flexibility index (Phi) is 6.11. The molecule has 0 bridgehead atoms. The zero-order valence-corrected chi connectivity index (χ0v) is 14.4. The minimum atomic E-state index is -0.502. The summed E-state index contributed by atoms with van der Waals surface area (Å²) in [6, 6.07) is 5.80. The Morgan fingerprint density at radius 1 is 1.18 bits per heavy atom. The van der Waals surface area contributed by atoms with Crippen molar-refractivity contribution in [2.24, 2.45) is 0 Å². The first kappa shape index (κ1) is 18.2. The maximum Gasteiger partial charge on any atom is 0.362 e. The van der Waals surface area contributed by atoms with Crippen LogP contribution in [0.1, 0.15) is 31.9 Å². The van der Waals surface area contributed by atoms with Crippen molar-refractivity contribution < 1.29 is 19.2 Å². The van der Waals surface area contributed by atoms with E-state index >= 15 is 0 Å². The lowest BCUT2D eigenvalue weighted by molar-refractivity contribution is -0.863. The van der Waals surface area contributed by atoms with Gasteiger partial charge < -0.3 is 15.0 Å². The van der Waals surface area contributed by atoms with Crippen LogP contribution in [0, 0.1) is 13.8 Å². The number of hydrogen-bond donors (Lipinski definition) is 2. The minimum absolute atomic E-state index is 0.116. The lowest BCUT2D eigenvalue weighted by atomic mass is 10.1. The topological polar surface area (TPSA) is 59.8 Å². The molecule has 0 aliphatic rings. The Morgan fingerprint density at radius 3 is 2.41 bits per heavy atom. The molecule has 0 radical (unpaired) electrons. The van der Waals surface area contributed by atoms with Gasteiger partial charge in [0, 0.05) is 5.69 Å². The van der Waals surface area contributed by atoms with Crippen molar-refractivity contribution in [3.63, 3.8) is 0 Å². The van der Waals surface area contributed by atoms with E-state index in [0.717, 1.165) is 21.7 Å². The lowest BCUT2D eigenvalue weighted by Crippen LogP contribution is -3.11. The third kappa shape index (κ3) is 6.26. The standard InChI is InChI=1S/C17H26N2O3/c1-12-8-7-9-14(13(12)2)18-15(20)10-19(6)11-16(21)22-17(3,4)5/h7-9H,10-11H2,1-6H3,(H,18,20)/p+1. The molecule has 0 aromatic heterocycles. The van der Waals surface area contributed by atoms with Gasteiger partial charge in [0.05, 0.1) is 7.05 Å². The summed E-state index contributed by atoms with van der Waals surface area (Å²) in [5.41, 5.74) is 2.50. The predicted octanol–water partition coefficient (Wildman–Crippen LogP) is 1.10. The van der Waals surface area contributed by atoms with Crippen LogP contribution in [0.3, 0.4) is 0 Å². The number of carbonyl (C=O) groups is 2. The van der Waals surface area contributed by atoms with Crippen LogP contribution in [0.5, 0.6) is 0 Å². The third-order valence-electron chi connectivity index (χ3n) is 3.21. The molecule has 0 saturated heterocycles. The fourth-order valence-electron chi connectivity index (χ4n) is 2.04. The number of nitrogens with one attached hydrogen (secondary N) is 2. The van der Waals surface area contributed by atoms with Gasteiger partial charge in [-0.1, -0.05) is 12.1 Å². The van der Waals surface area contributed by atoms with Crippen molar-refractivity contribution in [2.75, 3.05) is 25.5 Å². The molecule has 1 atom stereocenters. The summed E-state index contributed by atoms with van der Waals surface area (Å²) in [7, 11) is 1.80. The summed E-state index contributed by atoms with van der Waals surface area (Å²) in [4.78, 5) is 24.6. The van der Waals surface area contributed by atoms with Crippen LogP contribution in [0.2, 0.25) is 0 Å². The first-order valence-corrected chi connectivity index (χ1v) is 7.47. The second-order valence-electron chi connectivity index (χ2n) is 6.69. The second kappa shape index (κ2) is 7.40. The highest BCUT2D eigenvalue weighted by Crippen LogP contribution is 2.17. The number of likely N-dealkylation sites (N-methyl/N-ethyl adjacent to an activating group) is 1. The average molecular weight is 307 g/mol. The van der Waals surface area contributed by atoms with E-state index in [9.17, 15) is 9.59 Å². The van der Waals surface area contributed by atoms with Gasteiger partial charge in [0.2, 0.25) is 0 Å². The summed E-state index contributed by atoms with van der Waals surface area (Å²) in [5, 5.41) is 2.89. The zero-order chi connectivity index (χ0) is 16.9. The van der Waals surface area contributed by atoms with E-state index in [1.165, 1.54) is 0 Å². The van der Waals surface area contributed by atoms with Crippen LogP contribution in [0.15, 0.2) is 18.2 Å². The monoisotopic (exact) mass is 307 g/mol. The van der Waals surface area contributed by atoms with Crippen molar-refractivity contribution >= 4 is 17.6 Å². The van der Waals surface area contributed by atoms with Gasteiger partial charge in [0.25, 0.3) is 5.91 Å². The number of esters is 1. The molecule has 5 heteroatoms. The average Bonchev–Trinajstić information content (AvgIpc) is 2.31. The Labute approximate surface area is 132 Å². The molecule has 1 unspecified atom stereocenters. The maximum absolute atomic E-state index is 12.1.